The van der Waals surface area contributed by atoms with E-state index in [0.717, 1.165) is 17.7 Å². The van der Waals surface area contributed by atoms with E-state index in [0.29, 0.717) is 31.0 Å². The zero-order valence-electron chi connectivity index (χ0n) is 14.3. The Hall–Kier alpha value is -2.95. The zero-order chi connectivity index (χ0) is 17.9. The lowest BCUT2D eigenvalue weighted by Crippen LogP contribution is -2.28. The summed E-state index contributed by atoms with van der Waals surface area (Å²) in [5.41, 5.74) is 1.68. The molecule has 0 spiro atoms. The number of amides is 1. The second-order valence-corrected chi connectivity index (χ2v) is 6.57. The maximum Gasteiger partial charge on any atom is 0.253 e. The number of likely N-dealkylation sites (tertiary alicyclic amines) is 1. The molecule has 1 amide bonds. The van der Waals surface area contributed by atoms with Gasteiger partial charge in [0.15, 0.2) is 5.89 Å². The first kappa shape index (κ1) is 16.5. The first-order chi connectivity index (χ1) is 12.7. The van der Waals surface area contributed by atoms with Gasteiger partial charge in [-0.25, -0.2) is 9.37 Å². The van der Waals surface area contributed by atoms with Crippen LogP contribution >= 0.6 is 0 Å². The second-order valence-electron chi connectivity index (χ2n) is 6.57. The number of aromatic nitrogens is 1. The molecule has 0 unspecified atom stereocenters. The average molecular weight is 350 g/mol. The number of benzene rings is 2. The van der Waals surface area contributed by atoms with Crippen molar-refractivity contribution in [1.29, 1.82) is 0 Å². The summed E-state index contributed by atoms with van der Waals surface area (Å²) in [5, 5.41) is 0. The quantitative estimate of drug-likeness (QED) is 0.714. The highest BCUT2D eigenvalue weighted by Crippen LogP contribution is 2.28. The molecule has 1 saturated heterocycles. The van der Waals surface area contributed by atoms with E-state index in [2.05, 4.69) is 4.98 Å². The highest BCUT2D eigenvalue weighted by atomic mass is 19.1. The van der Waals surface area contributed by atoms with E-state index in [1.165, 1.54) is 12.1 Å². The van der Waals surface area contributed by atoms with Gasteiger partial charge in [0.1, 0.15) is 11.6 Å². The predicted molar refractivity (Wildman–Crippen MR) is 95.4 cm³/mol. The van der Waals surface area contributed by atoms with E-state index in [-0.39, 0.29) is 17.6 Å². The van der Waals surface area contributed by atoms with E-state index < -0.39 is 0 Å². The number of oxazole rings is 1. The Kier molecular flexibility index (Phi) is 4.52. The Morgan fingerprint density at radius 2 is 1.92 bits per heavy atom. The van der Waals surface area contributed by atoms with Crippen molar-refractivity contribution in [2.24, 2.45) is 0 Å². The van der Waals surface area contributed by atoms with Gasteiger partial charge < -0.3 is 9.32 Å². The van der Waals surface area contributed by atoms with Crippen LogP contribution in [0, 0.1) is 5.82 Å². The van der Waals surface area contributed by atoms with Gasteiger partial charge in [-0.3, -0.25) is 4.79 Å². The monoisotopic (exact) mass is 350 g/mol. The fraction of sp³-hybridized carbons (Fsp3) is 0.238. The van der Waals surface area contributed by atoms with Crippen LogP contribution in [0.1, 0.15) is 39.9 Å². The van der Waals surface area contributed by atoms with Crippen LogP contribution in [0.5, 0.6) is 0 Å². The minimum absolute atomic E-state index is 0.0474. The smallest absolute Gasteiger partial charge is 0.253 e. The summed E-state index contributed by atoms with van der Waals surface area (Å²) in [5.74, 6) is 1.34. The minimum atomic E-state index is -0.249. The van der Waals surface area contributed by atoms with Gasteiger partial charge in [-0.15, -0.1) is 0 Å². The highest BCUT2D eigenvalue weighted by molar-refractivity contribution is 5.94. The summed E-state index contributed by atoms with van der Waals surface area (Å²) in [6.45, 7) is 1.32. The van der Waals surface area contributed by atoms with E-state index in [1.807, 2.05) is 35.2 Å². The molecule has 1 aromatic heterocycles. The molecule has 0 N–H and O–H groups in total. The van der Waals surface area contributed by atoms with Gasteiger partial charge in [0.05, 0.1) is 12.1 Å². The van der Waals surface area contributed by atoms with Crippen LogP contribution < -0.4 is 0 Å². The molecule has 0 saturated carbocycles. The van der Waals surface area contributed by atoms with E-state index in [1.54, 1.807) is 18.3 Å². The van der Waals surface area contributed by atoms with Crippen molar-refractivity contribution in [3.63, 3.8) is 0 Å². The summed E-state index contributed by atoms with van der Waals surface area (Å²) < 4.78 is 18.9. The number of nitrogens with zero attached hydrogens (tertiary/aromatic N) is 2. The molecule has 26 heavy (non-hydrogen) atoms. The normalized spacial score (nSPS) is 16.8. The molecule has 3 aromatic rings. The number of halogens is 1. The molecule has 4 nitrogen and oxygen atoms in total. The molecule has 0 aliphatic carbocycles. The Labute approximate surface area is 151 Å². The average Bonchev–Trinajstić information content (AvgIpc) is 3.33. The van der Waals surface area contributed by atoms with Crippen molar-refractivity contribution >= 4 is 5.91 Å². The molecule has 1 aliphatic heterocycles. The van der Waals surface area contributed by atoms with Gasteiger partial charge in [0.2, 0.25) is 0 Å². The molecule has 132 valence electrons. The highest BCUT2D eigenvalue weighted by Gasteiger charge is 2.30. The summed E-state index contributed by atoms with van der Waals surface area (Å²) in [4.78, 5) is 18.8. The van der Waals surface area contributed by atoms with E-state index >= 15 is 0 Å². The Bertz CT molecular complexity index is 890. The van der Waals surface area contributed by atoms with Crippen molar-refractivity contribution in [2.45, 2.75) is 18.8 Å². The summed E-state index contributed by atoms with van der Waals surface area (Å²) in [7, 11) is 0. The van der Waals surface area contributed by atoms with Gasteiger partial charge in [0, 0.05) is 25.1 Å². The van der Waals surface area contributed by atoms with Gasteiger partial charge in [-0.2, -0.15) is 0 Å². The lowest BCUT2D eigenvalue weighted by atomic mass is 10.1. The molecule has 4 rings (SSSR count). The molecular formula is C21H19FN2O2. The number of carbonyl (C=O) groups is 1. The first-order valence-electron chi connectivity index (χ1n) is 8.72. The topological polar surface area (TPSA) is 46.3 Å². The maximum atomic E-state index is 13.0. The van der Waals surface area contributed by atoms with Gasteiger partial charge >= 0.3 is 0 Å². The largest absolute Gasteiger partial charge is 0.445 e. The predicted octanol–water partition coefficient (Wildman–Crippen LogP) is 4.03. The summed E-state index contributed by atoms with van der Waals surface area (Å²) in [6, 6.07) is 15.7. The number of rotatable bonds is 4. The molecular weight excluding hydrogens is 331 g/mol. The van der Waals surface area contributed by atoms with Crippen LogP contribution in [0.25, 0.3) is 0 Å². The number of carbonyl (C=O) groups excluding carboxylic acids is 1. The molecule has 5 heteroatoms. The maximum absolute atomic E-state index is 13.0. The lowest BCUT2D eigenvalue weighted by Gasteiger charge is -2.15. The van der Waals surface area contributed by atoms with Crippen LogP contribution in [-0.2, 0) is 6.42 Å². The van der Waals surface area contributed by atoms with Gasteiger partial charge in [0.25, 0.3) is 5.91 Å². The summed E-state index contributed by atoms with van der Waals surface area (Å²) in [6.07, 6.45) is 3.14. The third-order valence-corrected chi connectivity index (χ3v) is 4.71. The summed E-state index contributed by atoms with van der Waals surface area (Å²) >= 11 is 0. The van der Waals surface area contributed by atoms with Crippen LogP contribution in [0.3, 0.4) is 0 Å². The molecule has 0 bridgehead atoms. The van der Waals surface area contributed by atoms with Crippen LogP contribution in [0.2, 0.25) is 0 Å². The van der Waals surface area contributed by atoms with Crippen LogP contribution in [0.4, 0.5) is 4.39 Å². The molecule has 1 fully saturated rings. The number of hydrogen-bond acceptors (Lipinski definition) is 3. The third kappa shape index (κ3) is 3.52. The van der Waals surface area contributed by atoms with Crippen LogP contribution in [0.15, 0.2) is 65.2 Å². The fourth-order valence-corrected chi connectivity index (χ4v) is 3.31. The molecule has 1 aliphatic rings. The first-order valence-corrected chi connectivity index (χ1v) is 8.72. The SMILES string of the molecule is O=C(c1ccccc1)N1CC[C@@H](c2ncc(Cc3ccc(F)cc3)o2)C1. The third-order valence-electron chi connectivity index (χ3n) is 4.71. The number of hydrogen-bond donors (Lipinski definition) is 0. The van der Waals surface area contributed by atoms with Gasteiger partial charge in [-0.1, -0.05) is 30.3 Å². The lowest BCUT2D eigenvalue weighted by molar-refractivity contribution is 0.0790. The molecule has 2 heterocycles. The van der Waals surface area contributed by atoms with Crippen molar-refractivity contribution < 1.29 is 13.6 Å². The van der Waals surface area contributed by atoms with Crippen molar-refractivity contribution in [1.82, 2.24) is 9.88 Å². The Balaban J connectivity index is 1.41. The van der Waals surface area contributed by atoms with Crippen LogP contribution in [-0.4, -0.2) is 28.9 Å². The molecule has 0 radical (unpaired) electrons. The van der Waals surface area contributed by atoms with Crippen molar-refractivity contribution in [3.8, 4) is 0 Å². The van der Waals surface area contributed by atoms with Gasteiger partial charge in [-0.05, 0) is 36.2 Å². The molecule has 2 aromatic carbocycles. The zero-order valence-corrected chi connectivity index (χ0v) is 14.3. The Morgan fingerprint density at radius 3 is 2.69 bits per heavy atom. The Morgan fingerprint density at radius 1 is 1.15 bits per heavy atom. The fourth-order valence-electron chi connectivity index (χ4n) is 3.31. The minimum Gasteiger partial charge on any atom is -0.445 e. The standard InChI is InChI=1S/C21H19FN2O2/c22-18-8-6-15(7-9-18)12-19-13-23-20(26-19)17-10-11-24(14-17)21(25)16-4-2-1-3-5-16/h1-9,13,17H,10-12,14H2/t17-/m1/s1. The van der Waals surface area contributed by atoms with E-state index in [9.17, 15) is 9.18 Å². The molecule has 1 atom stereocenters. The van der Waals surface area contributed by atoms with E-state index in [4.69, 9.17) is 4.42 Å². The van der Waals surface area contributed by atoms with Crippen molar-refractivity contribution in [2.75, 3.05) is 13.1 Å². The second kappa shape index (κ2) is 7.12. The van der Waals surface area contributed by atoms with Crippen molar-refractivity contribution in [3.05, 3.63) is 89.4 Å².